The molecule has 5 nitrogen and oxygen atoms in total. The fourth-order valence-corrected chi connectivity index (χ4v) is 1.78. The van der Waals surface area contributed by atoms with E-state index in [1.807, 2.05) is 0 Å². The van der Waals surface area contributed by atoms with Gasteiger partial charge in [-0.1, -0.05) is 0 Å². The molecule has 0 fully saturated rings. The smallest absolute Gasteiger partial charge is 0.412 e. The predicted molar refractivity (Wildman–Crippen MR) is 70.3 cm³/mol. The number of esters is 1. The Morgan fingerprint density at radius 2 is 2.05 bits per heavy atom. The van der Waals surface area contributed by atoms with Gasteiger partial charge in [0, 0.05) is 5.69 Å². The third kappa shape index (κ3) is 3.71. The Kier molecular flexibility index (Phi) is 3.46. The van der Waals surface area contributed by atoms with Crippen LogP contribution in [0.15, 0.2) is 18.2 Å². The maximum absolute atomic E-state index is 11.6. The minimum absolute atomic E-state index is 0.222. The van der Waals surface area contributed by atoms with E-state index in [-0.39, 0.29) is 5.97 Å². The summed E-state index contributed by atoms with van der Waals surface area (Å²) in [6, 6.07) is 5.16. The standard InChI is InChI=1S/C14H17NO4/c1-14(2,3)19-13(17)15-10-5-6-11-9(8-10)4-7-12(16)18-11/h5-6,8H,4,7H2,1-3H3,(H,15,17). The molecule has 0 spiro atoms. The van der Waals surface area contributed by atoms with Crippen LogP contribution in [0.4, 0.5) is 10.5 Å². The number of aryl methyl sites for hydroxylation is 1. The first-order valence-electron chi connectivity index (χ1n) is 6.17. The topological polar surface area (TPSA) is 64.6 Å². The lowest BCUT2D eigenvalue weighted by Crippen LogP contribution is -2.27. The van der Waals surface area contributed by atoms with Crippen molar-refractivity contribution >= 4 is 17.7 Å². The highest BCUT2D eigenvalue weighted by Crippen LogP contribution is 2.28. The Bertz CT molecular complexity index is 517. The summed E-state index contributed by atoms with van der Waals surface area (Å²) in [6.45, 7) is 5.41. The fraction of sp³-hybridized carbons (Fsp3) is 0.429. The van der Waals surface area contributed by atoms with Crippen LogP contribution in [0.25, 0.3) is 0 Å². The number of carbonyl (C=O) groups excluding carboxylic acids is 2. The van der Waals surface area contributed by atoms with Gasteiger partial charge < -0.3 is 9.47 Å². The summed E-state index contributed by atoms with van der Waals surface area (Å²) in [7, 11) is 0. The van der Waals surface area contributed by atoms with Crippen LogP contribution >= 0.6 is 0 Å². The number of nitrogens with one attached hydrogen (secondary N) is 1. The van der Waals surface area contributed by atoms with Crippen LogP contribution in [-0.4, -0.2) is 17.7 Å². The Morgan fingerprint density at radius 3 is 2.74 bits per heavy atom. The molecular formula is C14H17NO4. The van der Waals surface area contributed by atoms with Crippen LogP contribution in [0.2, 0.25) is 0 Å². The van der Waals surface area contributed by atoms with Gasteiger partial charge in [0.15, 0.2) is 0 Å². The third-order valence-corrected chi connectivity index (χ3v) is 2.53. The molecule has 1 aromatic rings. The molecule has 1 aromatic carbocycles. The number of rotatable bonds is 1. The van der Waals surface area contributed by atoms with Gasteiger partial charge in [-0.3, -0.25) is 10.1 Å². The van der Waals surface area contributed by atoms with Crippen molar-refractivity contribution in [1.29, 1.82) is 0 Å². The molecular weight excluding hydrogens is 246 g/mol. The molecule has 0 radical (unpaired) electrons. The van der Waals surface area contributed by atoms with Gasteiger partial charge in [-0.15, -0.1) is 0 Å². The number of ether oxygens (including phenoxy) is 2. The molecule has 1 aliphatic heterocycles. The van der Waals surface area contributed by atoms with Crippen molar-refractivity contribution in [1.82, 2.24) is 0 Å². The quantitative estimate of drug-likeness (QED) is 0.625. The number of amides is 1. The molecule has 0 atom stereocenters. The zero-order valence-corrected chi connectivity index (χ0v) is 11.3. The van der Waals surface area contributed by atoms with E-state index in [1.165, 1.54) is 0 Å². The van der Waals surface area contributed by atoms with Crippen LogP contribution in [0.3, 0.4) is 0 Å². The monoisotopic (exact) mass is 263 g/mol. The Labute approximate surface area is 111 Å². The lowest BCUT2D eigenvalue weighted by molar-refractivity contribution is -0.135. The number of carbonyl (C=O) groups is 2. The number of hydrogen-bond acceptors (Lipinski definition) is 4. The zero-order chi connectivity index (χ0) is 14.0. The van der Waals surface area contributed by atoms with Crippen molar-refractivity contribution < 1.29 is 19.1 Å². The average Bonchev–Trinajstić information content (AvgIpc) is 2.26. The molecule has 19 heavy (non-hydrogen) atoms. The van der Waals surface area contributed by atoms with Gasteiger partial charge in [0.2, 0.25) is 0 Å². The molecule has 1 heterocycles. The van der Waals surface area contributed by atoms with Crippen molar-refractivity contribution in [2.45, 2.75) is 39.2 Å². The Morgan fingerprint density at radius 1 is 1.32 bits per heavy atom. The number of benzene rings is 1. The van der Waals surface area contributed by atoms with Gasteiger partial charge in [-0.25, -0.2) is 4.79 Å². The second-order valence-corrected chi connectivity index (χ2v) is 5.42. The van der Waals surface area contributed by atoms with Crippen molar-refractivity contribution in [2.24, 2.45) is 0 Å². The van der Waals surface area contributed by atoms with Gasteiger partial charge in [0.25, 0.3) is 0 Å². The van der Waals surface area contributed by atoms with E-state index in [0.29, 0.717) is 24.3 Å². The zero-order valence-electron chi connectivity index (χ0n) is 11.3. The summed E-state index contributed by atoms with van der Waals surface area (Å²) >= 11 is 0. The first-order valence-corrected chi connectivity index (χ1v) is 6.17. The number of anilines is 1. The van der Waals surface area contributed by atoms with Crippen LogP contribution in [0.1, 0.15) is 32.8 Å². The number of fused-ring (bicyclic) bond motifs is 1. The minimum Gasteiger partial charge on any atom is -0.444 e. The van der Waals surface area contributed by atoms with E-state index in [2.05, 4.69) is 5.32 Å². The molecule has 0 aromatic heterocycles. The van der Waals surface area contributed by atoms with Gasteiger partial charge in [-0.2, -0.15) is 0 Å². The van der Waals surface area contributed by atoms with Crippen LogP contribution in [-0.2, 0) is 16.0 Å². The Balaban J connectivity index is 2.06. The van der Waals surface area contributed by atoms with Gasteiger partial charge >= 0.3 is 12.1 Å². The molecule has 1 N–H and O–H groups in total. The molecule has 102 valence electrons. The first kappa shape index (κ1) is 13.4. The summed E-state index contributed by atoms with van der Waals surface area (Å²) in [6.07, 6.45) is 0.487. The molecule has 0 bridgehead atoms. The van der Waals surface area contributed by atoms with Gasteiger partial charge in [0.1, 0.15) is 11.4 Å². The molecule has 0 unspecified atom stereocenters. The molecule has 1 amide bonds. The van der Waals surface area contributed by atoms with E-state index in [9.17, 15) is 9.59 Å². The normalized spacial score (nSPS) is 14.4. The van der Waals surface area contributed by atoms with Crippen LogP contribution in [0.5, 0.6) is 5.75 Å². The minimum atomic E-state index is -0.534. The van der Waals surface area contributed by atoms with E-state index < -0.39 is 11.7 Å². The summed E-state index contributed by atoms with van der Waals surface area (Å²) in [5, 5.41) is 2.66. The SMILES string of the molecule is CC(C)(C)OC(=O)Nc1ccc2c(c1)CCC(=O)O2. The first-order chi connectivity index (χ1) is 8.83. The summed E-state index contributed by atoms with van der Waals surface area (Å²) < 4.78 is 10.3. The highest BCUT2D eigenvalue weighted by molar-refractivity contribution is 5.85. The third-order valence-electron chi connectivity index (χ3n) is 2.53. The highest BCUT2D eigenvalue weighted by Gasteiger charge is 2.19. The van der Waals surface area contributed by atoms with E-state index in [1.54, 1.807) is 39.0 Å². The molecule has 0 saturated heterocycles. The average molecular weight is 263 g/mol. The Hall–Kier alpha value is -2.04. The molecule has 0 saturated carbocycles. The van der Waals surface area contributed by atoms with Crippen LogP contribution < -0.4 is 10.1 Å². The molecule has 2 rings (SSSR count). The van der Waals surface area contributed by atoms with Crippen molar-refractivity contribution in [3.63, 3.8) is 0 Å². The van der Waals surface area contributed by atoms with Crippen molar-refractivity contribution in [3.05, 3.63) is 23.8 Å². The maximum Gasteiger partial charge on any atom is 0.412 e. The largest absolute Gasteiger partial charge is 0.444 e. The van der Waals surface area contributed by atoms with Crippen LogP contribution in [0, 0.1) is 0 Å². The maximum atomic E-state index is 11.6. The van der Waals surface area contributed by atoms with Crippen molar-refractivity contribution in [3.8, 4) is 5.75 Å². The summed E-state index contributed by atoms with van der Waals surface area (Å²) in [5.74, 6) is 0.339. The lowest BCUT2D eigenvalue weighted by atomic mass is 10.1. The van der Waals surface area contributed by atoms with E-state index in [4.69, 9.17) is 9.47 Å². The molecule has 1 aliphatic rings. The number of hydrogen-bond donors (Lipinski definition) is 1. The van der Waals surface area contributed by atoms with Crippen molar-refractivity contribution in [2.75, 3.05) is 5.32 Å². The van der Waals surface area contributed by atoms with Gasteiger partial charge in [-0.05, 0) is 51.0 Å². The fourth-order valence-electron chi connectivity index (χ4n) is 1.78. The molecule has 5 heteroatoms. The second kappa shape index (κ2) is 4.91. The predicted octanol–water partition coefficient (Wildman–Crippen LogP) is 2.89. The summed E-state index contributed by atoms with van der Waals surface area (Å²) in [4.78, 5) is 22.8. The highest BCUT2D eigenvalue weighted by atomic mass is 16.6. The summed E-state index contributed by atoms with van der Waals surface area (Å²) in [5.41, 5.74) is 1.01. The van der Waals surface area contributed by atoms with Gasteiger partial charge in [0.05, 0.1) is 6.42 Å². The molecule has 0 aliphatic carbocycles. The van der Waals surface area contributed by atoms with E-state index in [0.717, 1.165) is 5.56 Å². The lowest BCUT2D eigenvalue weighted by Gasteiger charge is -2.20. The van der Waals surface area contributed by atoms with E-state index >= 15 is 0 Å². The second-order valence-electron chi connectivity index (χ2n) is 5.42.